The predicted molar refractivity (Wildman–Crippen MR) is 109 cm³/mol. The Hall–Kier alpha value is -3.67. The fourth-order valence-corrected chi connectivity index (χ4v) is 3.73. The first-order valence-electron chi connectivity index (χ1n) is 9.37. The Morgan fingerprint density at radius 2 is 1.73 bits per heavy atom. The number of carbonyl (C=O) groups excluding carboxylic acids is 1. The molecule has 152 valence electrons. The zero-order valence-electron chi connectivity index (χ0n) is 16.2. The van der Waals surface area contributed by atoms with Gasteiger partial charge in [-0.1, -0.05) is 42.5 Å². The van der Waals surface area contributed by atoms with Crippen LogP contribution in [-0.2, 0) is 11.3 Å². The maximum Gasteiger partial charge on any atom is 0.290 e. The molecule has 0 spiro atoms. The third-order valence-electron chi connectivity index (χ3n) is 5.15. The van der Waals surface area contributed by atoms with Crippen LogP contribution < -0.4 is 4.74 Å². The van der Waals surface area contributed by atoms with E-state index in [1.54, 1.807) is 43.5 Å². The van der Waals surface area contributed by atoms with Crippen LogP contribution >= 0.6 is 0 Å². The monoisotopic (exact) mass is 407 g/mol. The Labute approximate surface area is 172 Å². The van der Waals surface area contributed by atoms with Crippen molar-refractivity contribution in [1.82, 2.24) is 4.90 Å². The fourth-order valence-electron chi connectivity index (χ4n) is 3.73. The van der Waals surface area contributed by atoms with Gasteiger partial charge in [-0.3, -0.25) is 4.79 Å². The minimum Gasteiger partial charge on any atom is -0.503 e. The summed E-state index contributed by atoms with van der Waals surface area (Å²) in [6, 6.07) is 17.8. The Morgan fingerprint density at radius 3 is 2.43 bits per heavy atom. The van der Waals surface area contributed by atoms with Crippen molar-refractivity contribution in [3.8, 4) is 5.75 Å². The lowest BCUT2D eigenvalue weighted by Gasteiger charge is -2.28. The van der Waals surface area contributed by atoms with Gasteiger partial charge in [0.05, 0.1) is 13.2 Å². The van der Waals surface area contributed by atoms with E-state index in [-0.39, 0.29) is 17.7 Å². The molecule has 0 saturated carbocycles. The third kappa shape index (κ3) is 3.52. The number of carbonyl (C=O) groups is 1. The smallest absolute Gasteiger partial charge is 0.290 e. The van der Waals surface area contributed by atoms with E-state index in [9.17, 15) is 18.7 Å². The number of rotatable bonds is 5. The highest BCUT2D eigenvalue weighted by atomic mass is 19.1. The molecule has 0 aliphatic carbocycles. The molecule has 1 atom stereocenters. The van der Waals surface area contributed by atoms with Crippen LogP contribution in [0.4, 0.5) is 8.78 Å². The van der Waals surface area contributed by atoms with E-state index in [0.717, 1.165) is 5.56 Å². The number of aliphatic hydroxyl groups excluding tert-OH is 1. The van der Waals surface area contributed by atoms with Crippen molar-refractivity contribution in [3.63, 3.8) is 0 Å². The standard InChI is InChI=1S/C24H19F2NO3/c1-30-18-6-4-5-15(13-18)14-27-22(19-7-2-3-8-20(19)26)21(23(28)24(27)29)16-9-11-17(25)12-10-16/h2-13,22,28H,14H2,1H3. The summed E-state index contributed by atoms with van der Waals surface area (Å²) in [5.74, 6) is -1.42. The summed E-state index contributed by atoms with van der Waals surface area (Å²) >= 11 is 0. The lowest BCUT2D eigenvalue weighted by atomic mass is 9.93. The van der Waals surface area contributed by atoms with Gasteiger partial charge in [0.15, 0.2) is 5.76 Å². The van der Waals surface area contributed by atoms with Gasteiger partial charge in [0, 0.05) is 17.7 Å². The van der Waals surface area contributed by atoms with Crippen molar-refractivity contribution < 1.29 is 23.4 Å². The third-order valence-corrected chi connectivity index (χ3v) is 5.15. The number of hydrogen-bond acceptors (Lipinski definition) is 3. The van der Waals surface area contributed by atoms with Crippen LogP contribution in [0, 0.1) is 11.6 Å². The molecular weight excluding hydrogens is 388 g/mol. The summed E-state index contributed by atoms with van der Waals surface area (Å²) in [6.07, 6.45) is 0. The highest BCUT2D eigenvalue weighted by Crippen LogP contribution is 2.44. The second-order valence-electron chi connectivity index (χ2n) is 6.98. The molecular formula is C24H19F2NO3. The van der Waals surface area contributed by atoms with Gasteiger partial charge in [-0.2, -0.15) is 0 Å². The molecule has 0 bridgehead atoms. The lowest BCUT2D eigenvalue weighted by molar-refractivity contribution is -0.130. The number of amides is 1. The van der Waals surface area contributed by atoms with Gasteiger partial charge < -0.3 is 14.7 Å². The van der Waals surface area contributed by atoms with Gasteiger partial charge in [0.25, 0.3) is 5.91 Å². The van der Waals surface area contributed by atoms with E-state index < -0.39 is 29.3 Å². The molecule has 1 aliphatic heterocycles. The number of methoxy groups -OCH3 is 1. The number of benzene rings is 3. The molecule has 6 heteroatoms. The van der Waals surface area contributed by atoms with Gasteiger partial charge >= 0.3 is 0 Å². The van der Waals surface area contributed by atoms with Gasteiger partial charge in [0.2, 0.25) is 0 Å². The average molecular weight is 407 g/mol. The van der Waals surface area contributed by atoms with E-state index in [2.05, 4.69) is 0 Å². The maximum absolute atomic E-state index is 14.8. The summed E-state index contributed by atoms with van der Waals surface area (Å²) in [5.41, 5.74) is 1.70. The molecule has 1 amide bonds. The van der Waals surface area contributed by atoms with Crippen LogP contribution in [0.15, 0.2) is 78.6 Å². The Bertz CT molecular complexity index is 1130. The van der Waals surface area contributed by atoms with Crippen LogP contribution in [-0.4, -0.2) is 23.0 Å². The first kappa shape index (κ1) is 19.6. The van der Waals surface area contributed by atoms with Gasteiger partial charge in [-0.25, -0.2) is 8.78 Å². The molecule has 1 N–H and O–H groups in total. The van der Waals surface area contributed by atoms with E-state index in [0.29, 0.717) is 11.3 Å². The summed E-state index contributed by atoms with van der Waals surface area (Å²) in [7, 11) is 1.54. The molecule has 1 heterocycles. The minimum absolute atomic E-state index is 0.129. The van der Waals surface area contributed by atoms with Crippen molar-refractivity contribution >= 4 is 11.5 Å². The van der Waals surface area contributed by atoms with Gasteiger partial charge in [-0.15, -0.1) is 0 Å². The minimum atomic E-state index is -0.865. The molecule has 30 heavy (non-hydrogen) atoms. The summed E-state index contributed by atoms with van der Waals surface area (Å²) in [5, 5.41) is 10.7. The summed E-state index contributed by atoms with van der Waals surface area (Å²) in [6.45, 7) is 0.129. The molecule has 0 fully saturated rings. The van der Waals surface area contributed by atoms with E-state index >= 15 is 0 Å². The molecule has 3 aromatic carbocycles. The molecule has 4 nitrogen and oxygen atoms in total. The van der Waals surface area contributed by atoms with Crippen LogP contribution in [0.3, 0.4) is 0 Å². The number of halogens is 2. The number of nitrogens with zero attached hydrogens (tertiary/aromatic N) is 1. The highest BCUT2D eigenvalue weighted by molar-refractivity contribution is 6.05. The molecule has 3 aromatic rings. The van der Waals surface area contributed by atoms with Crippen LogP contribution in [0.25, 0.3) is 5.57 Å². The van der Waals surface area contributed by atoms with Gasteiger partial charge in [0.1, 0.15) is 17.4 Å². The first-order chi connectivity index (χ1) is 14.5. The largest absolute Gasteiger partial charge is 0.503 e. The van der Waals surface area contributed by atoms with Crippen molar-refractivity contribution in [2.45, 2.75) is 12.6 Å². The van der Waals surface area contributed by atoms with Crippen molar-refractivity contribution in [3.05, 3.63) is 107 Å². The number of ether oxygens (including phenoxy) is 1. The fraction of sp³-hybridized carbons (Fsp3) is 0.125. The molecule has 0 aromatic heterocycles. The van der Waals surface area contributed by atoms with Gasteiger partial charge in [-0.05, 0) is 41.5 Å². The second-order valence-corrected chi connectivity index (χ2v) is 6.98. The Morgan fingerprint density at radius 1 is 1.00 bits per heavy atom. The van der Waals surface area contributed by atoms with Crippen LogP contribution in [0.5, 0.6) is 5.75 Å². The first-order valence-corrected chi connectivity index (χ1v) is 9.37. The zero-order valence-corrected chi connectivity index (χ0v) is 16.2. The lowest BCUT2D eigenvalue weighted by Crippen LogP contribution is -2.30. The van der Waals surface area contributed by atoms with Crippen molar-refractivity contribution in [2.75, 3.05) is 7.11 Å². The molecule has 1 aliphatic rings. The van der Waals surface area contributed by atoms with E-state index in [4.69, 9.17) is 4.74 Å². The van der Waals surface area contributed by atoms with Crippen molar-refractivity contribution in [2.24, 2.45) is 0 Å². The molecule has 4 rings (SSSR count). The quantitative estimate of drug-likeness (QED) is 0.646. The molecule has 0 saturated heterocycles. The number of hydrogen-bond donors (Lipinski definition) is 1. The maximum atomic E-state index is 14.8. The molecule has 0 radical (unpaired) electrons. The SMILES string of the molecule is COc1cccc(CN2C(=O)C(O)=C(c3ccc(F)cc3)C2c2ccccc2F)c1. The summed E-state index contributed by atoms with van der Waals surface area (Å²) < 4.78 is 33.4. The van der Waals surface area contributed by atoms with E-state index in [1.807, 2.05) is 6.07 Å². The van der Waals surface area contributed by atoms with Crippen LogP contribution in [0.1, 0.15) is 22.7 Å². The van der Waals surface area contributed by atoms with Crippen molar-refractivity contribution in [1.29, 1.82) is 0 Å². The zero-order chi connectivity index (χ0) is 21.3. The normalized spacial score (nSPS) is 16.3. The highest BCUT2D eigenvalue weighted by Gasteiger charge is 2.42. The Balaban J connectivity index is 1.82. The topological polar surface area (TPSA) is 49.8 Å². The molecule has 1 unspecified atom stereocenters. The average Bonchev–Trinajstić information content (AvgIpc) is 3.00. The second kappa shape index (κ2) is 7.99. The number of aliphatic hydroxyl groups is 1. The van der Waals surface area contributed by atoms with E-state index in [1.165, 1.54) is 35.2 Å². The summed E-state index contributed by atoms with van der Waals surface area (Å²) in [4.78, 5) is 14.4. The Kier molecular flexibility index (Phi) is 5.23. The predicted octanol–water partition coefficient (Wildman–Crippen LogP) is 5.03. The van der Waals surface area contributed by atoms with Crippen LogP contribution in [0.2, 0.25) is 0 Å².